The molecule has 3 atom stereocenters. The van der Waals surface area contributed by atoms with Crippen LogP contribution >= 0.6 is 9.39 Å². The molecule has 0 spiro atoms. The van der Waals surface area contributed by atoms with Crippen molar-refractivity contribution < 1.29 is 4.74 Å². The molecule has 3 heteroatoms. The van der Waals surface area contributed by atoms with Crippen LogP contribution < -0.4 is 0 Å². The first-order valence-electron chi connectivity index (χ1n) is 3.47. The highest BCUT2D eigenvalue weighted by Crippen LogP contribution is 2.29. The van der Waals surface area contributed by atoms with Gasteiger partial charge in [-0.2, -0.15) is 0 Å². The van der Waals surface area contributed by atoms with E-state index in [1.165, 1.54) is 19.5 Å². The van der Waals surface area contributed by atoms with Crippen LogP contribution in [0.3, 0.4) is 0 Å². The summed E-state index contributed by atoms with van der Waals surface area (Å²) in [7, 11) is 2.75. The third kappa shape index (κ3) is 1.26. The molecule has 2 aliphatic rings. The summed E-state index contributed by atoms with van der Waals surface area (Å²) >= 11 is 0. The Morgan fingerprint density at radius 2 is 2.33 bits per heavy atom. The average Bonchev–Trinajstić information content (AvgIpc) is 2.58. The van der Waals surface area contributed by atoms with Crippen molar-refractivity contribution in [1.82, 2.24) is 4.67 Å². The predicted molar refractivity (Wildman–Crippen MR) is 39.1 cm³/mol. The van der Waals surface area contributed by atoms with Crippen molar-refractivity contribution in [1.29, 1.82) is 0 Å². The number of rotatable bonds is 1. The maximum absolute atomic E-state index is 5.20. The highest BCUT2D eigenvalue weighted by molar-refractivity contribution is 7.13. The topological polar surface area (TPSA) is 15.8 Å². The summed E-state index contributed by atoms with van der Waals surface area (Å²) in [6.07, 6.45) is 1.95. The minimum atomic E-state index is 0.621. The van der Waals surface area contributed by atoms with Crippen molar-refractivity contribution in [2.24, 2.45) is 5.92 Å². The van der Waals surface area contributed by atoms with Crippen molar-refractivity contribution >= 4 is 9.39 Å². The molecule has 0 aromatic rings. The highest BCUT2D eigenvalue weighted by Gasteiger charge is 2.36. The molecule has 9 heavy (non-hydrogen) atoms. The van der Waals surface area contributed by atoms with Gasteiger partial charge in [-0.15, -0.1) is 0 Å². The first-order valence-corrected chi connectivity index (χ1v) is 3.99. The molecule has 0 N–H and O–H groups in total. The summed E-state index contributed by atoms with van der Waals surface area (Å²) < 4.78 is 7.50. The molecular formula is C6H12NOP. The van der Waals surface area contributed by atoms with Crippen molar-refractivity contribution in [3.8, 4) is 0 Å². The molecule has 2 nitrogen and oxygen atoms in total. The van der Waals surface area contributed by atoms with Gasteiger partial charge in [0.15, 0.2) is 0 Å². The van der Waals surface area contributed by atoms with Crippen molar-refractivity contribution in [2.75, 3.05) is 19.7 Å². The van der Waals surface area contributed by atoms with E-state index in [0.29, 0.717) is 6.10 Å². The zero-order valence-corrected chi connectivity index (χ0v) is 6.57. The van der Waals surface area contributed by atoms with Crippen LogP contribution in [0, 0.1) is 5.92 Å². The van der Waals surface area contributed by atoms with Gasteiger partial charge in [-0.25, -0.2) is 0 Å². The smallest absolute Gasteiger partial charge is 0.0850 e. The van der Waals surface area contributed by atoms with Crippen LogP contribution in [0.1, 0.15) is 6.42 Å². The molecule has 2 heterocycles. The first-order chi connectivity index (χ1) is 4.36. The summed E-state index contributed by atoms with van der Waals surface area (Å²) in [6.45, 7) is 3.47. The van der Waals surface area contributed by atoms with Gasteiger partial charge in [0.05, 0.1) is 12.7 Å². The lowest BCUT2D eigenvalue weighted by atomic mass is 10.1. The van der Waals surface area contributed by atoms with E-state index in [-0.39, 0.29) is 0 Å². The second-order valence-corrected chi connectivity index (χ2v) is 3.65. The van der Waals surface area contributed by atoms with E-state index < -0.39 is 0 Å². The molecule has 0 radical (unpaired) electrons. The van der Waals surface area contributed by atoms with Gasteiger partial charge in [0, 0.05) is 19.0 Å². The van der Waals surface area contributed by atoms with Crippen molar-refractivity contribution in [2.45, 2.75) is 12.5 Å². The predicted octanol–water partition coefficient (Wildman–Crippen LogP) is 0.497. The molecule has 0 amide bonds. The van der Waals surface area contributed by atoms with Crippen molar-refractivity contribution in [3.63, 3.8) is 0 Å². The molecule has 0 saturated carbocycles. The largest absolute Gasteiger partial charge is 0.373 e. The van der Waals surface area contributed by atoms with E-state index in [0.717, 1.165) is 12.5 Å². The summed E-state index contributed by atoms with van der Waals surface area (Å²) in [5, 5.41) is 0. The zero-order valence-electron chi connectivity index (χ0n) is 5.42. The van der Waals surface area contributed by atoms with Gasteiger partial charge in [-0.05, 0) is 6.42 Å². The number of hydrogen-bond acceptors (Lipinski definition) is 2. The van der Waals surface area contributed by atoms with E-state index in [1.807, 2.05) is 0 Å². The molecular weight excluding hydrogens is 133 g/mol. The van der Waals surface area contributed by atoms with Gasteiger partial charge >= 0.3 is 0 Å². The highest BCUT2D eigenvalue weighted by atomic mass is 31.0. The molecule has 52 valence electrons. The number of nitrogens with zero attached hydrogens (tertiary/aromatic N) is 1. The van der Waals surface area contributed by atoms with E-state index in [2.05, 4.69) is 14.1 Å². The van der Waals surface area contributed by atoms with E-state index in [1.54, 1.807) is 0 Å². The number of hydrogen-bond donors (Lipinski definition) is 0. The van der Waals surface area contributed by atoms with Crippen LogP contribution in [-0.4, -0.2) is 30.5 Å². The monoisotopic (exact) mass is 145 g/mol. The second-order valence-electron chi connectivity index (χ2n) is 2.92. The molecule has 2 fully saturated rings. The lowest BCUT2D eigenvalue weighted by Crippen LogP contribution is -2.11. The van der Waals surface area contributed by atoms with Gasteiger partial charge in [-0.1, -0.05) is 9.39 Å². The average molecular weight is 145 g/mol. The Kier molecular flexibility index (Phi) is 1.48. The fourth-order valence-electron chi connectivity index (χ4n) is 1.45. The second kappa shape index (κ2) is 2.19. The molecule has 0 aromatic carbocycles. The lowest BCUT2D eigenvalue weighted by Gasteiger charge is -2.05. The summed E-state index contributed by atoms with van der Waals surface area (Å²) in [6, 6.07) is 0. The Labute approximate surface area is 57.8 Å². The van der Waals surface area contributed by atoms with Crippen LogP contribution in [0.25, 0.3) is 0 Å². The minimum absolute atomic E-state index is 0.621. The standard InChI is InChI=1S/C6H12NOP/c9-7-2-1-5(3-7)6-4-8-6/h5-6H,1-4,9H2/t5?,6-/m0/s1. The fourth-order valence-corrected chi connectivity index (χ4v) is 1.87. The molecule has 2 saturated heterocycles. The minimum Gasteiger partial charge on any atom is -0.373 e. The summed E-state index contributed by atoms with van der Waals surface area (Å²) in [4.78, 5) is 0. The van der Waals surface area contributed by atoms with Crippen LogP contribution in [0.2, 0.25) is 0 Å². The number of ether oxygens (including phenoxy) is 1. The SMILES string of the molecule is PN1CCC([C@@H]2CO2)C1. The van der Waals surface area contributed by atoms with Crippen LogP contribution in [0.4, 0.5) is 0 Å². The van der Waals surface area contributed by atoms with Crippen LogP contribution in [0.15, 0.2) is 0 Å². The maximum Gasteiger partial charge on any atom is 0.0850 e. The quantitative estimate of drug-likeness (QED) is 0.394. The molecule has 2 rings (SSSR count). The van der Waals surface area contributed by atoms with Crippen LogP contribution in [0.5, 0.6) is 0 Å². The molecule has 0 aromatic heterocycles. The lowest BCUT2D eigenvalue weighted by molar-refractivity contribution is 0.335. The molecule has 2 aliphatic heterocycles. The Morgan fingerprint density at radius 3 is 2.78 bits per heavy atom. The van der Waals surface area contributed by atoms with E-state index >= 15 is 0 Å². The Morgan fingerprint density at radius 1 is 1.56 bits per heavy atom. The molecule has 0 bridgehead atoms. The van der Waals surface area contributed by atoms with Gasteiger partial charge in [0.1, 0.15) is 0 Å². The number of epoxide rings is 1. The Balaban J connectivity index is 1.86. The van der Waals surface area contributed by atoms with Crippen LogP contribution in [-0.2, 0) is 4.74 Å². The normalized spacial score (nSPS) is 43.7. The molecule has 2 unspecified atom stereocenters. The van der Waals surface area contributed by atoms with Gasteiger partial charge in [0.2, 0.25) is 0 Å². The first kappa shape index (κ1) is 6.09. The van der Waals surface area contributed by atoms with E-state index in [9.17, 15) is 0 Å². The third-order valence-electron chi connectivity index (χ3n) is 2.14. The Hall–Kier alpha value is 0.350. The molecule has 0 aliphatic carbocycles. The zero-order chi connectivity index (χ0) is 6.27. The van der Waals surface area contributed by atoms with Crippen molar-refractivity contribution in [3.05, 3.63) is 0 Å². The van der Waals surface area contributed by atoms with E-state index in [4.69, 9.17) is 4.74 Å². The third-order valence-corrected chi connectivity index (χ3v) is 2.61. The maximum atomic E-state index is 5.20. The van der Waals surface area contributed by atoms with Gasteiger partial charge in [-0.3, -0.25) is 4.67 Å². The summed E-state index contributed by atoms with van der Waals surface area (Å²) in [5.74, 6) is 0.836. The Bertz CT molecular complexity index is 116. The van der Waals surface area contributed by atoms with Gasteiger partial charge < -0.3 is 4.74 Å². The summed E-state index contributed by atoms with van der Waals surface area (Å²) in [5.41, 5.74) is 0. The fraction of sp³-hybridized carbons (Fsp3) is 1.00. The van der Waals surface area contributed by atoms with Gasteiger partial charge in [0.25, 0.3) is 0 Å².